The molecular weight excluding hydrogens is 278 g/mol. The molecule has 0 aromatic heterocycles. The van der Waals surface area contributed by atoms with E-state index in [2.05, 4.69) is 5.32 Å². The highest BCUT2D eigenvalue weighted by atomic mass is 35.5. The van der Waals surface area contributed by atoms with Crippen molar-refractivity contribution < 1.29 is 14.7 Å². The van der Waals surface area contributed by atoms with Gasteiger partial charge in [-0.25, -0.2) is 0 Å². The molecular formula is C15H20ClNO3. The van der Waals surface area contributed by atoms with Crippen molar-refractivity contribution in [3.63, 3.8) is 0 Å². The van der Waals surface area contributed by atoms with Crippen LogP contribution in [0.2, 0.25) is 5.02 Å². The minimum Gasteiger partial charge on any atom is -0.481 e. The lowest BCUT2D eigenvalue weighted by Gasteiger charge is -2.16. The summed E-state index contributed by atoms with van der Waals surface area (Å²) >= 11 is 6.07. The second-order valence-electron chi connectivity index (χ2n) is 5.31. The predicted octanol–water partition coefficient (Wildman–Crippen LogP) is 3.13. The van der Waals surface area contributed by atoms with Gasteiger partial charge < -0.3 is 10.4 Å². The Bertz CT molecular complexity index is 500. The van der Waals surface area contributed by atoms with Crippen LogP contribution in [0.4, 0.5) is 0 Å². The summed E-state index contributed by atoms with van der Waals surface area (Å²) in [6, 6.07) is 5.19. The van der Waals surface area contributed by atoms with Gasteiger partial charge in [-0.05, 0) is 30.9 Å². The minimum atomic E-state index is -0.894. The largest absolute Gasteiger partial charge is 0.481 e. The van der Waals surface area contributed by atoms with Gasteiger partial charge in [0.2, 0.25) is 0 Å². The Morgan fingerprint density at radius 1 is 1.35 bits per heavy atom. The molecule has 0 aliphatic rings. The Labute approximate surface area is 124 Å². The number of hydrogen-bond donors (Lipinski definition) is 2. The summed E-state index contributed by atoms with van der Waals surface area (Å²) in [5.74, 6) is -1.55. The van der Waals surface area contributed by atoms with E-state index in [9.17, 15) is 9.59 Å². The number of carboxylic acid groups (broad SMARTS) is 1. The Kier molecular flexibility index (Phi) is 6.02. The van der Waals surface area contributed by atoms with Crippen molar-refractivity contribution in [1.82, 2.24) is 5.32 Å². The van der Waals surface area contributed by atoms with E-state index in [4.69, 9.17) is 16.7 Å². The van der Waals surface area contributed by atoms with E-state index >= 15 is 0 Å². The molecule has 0 radical (unpaired) electrons. The maximum Gasteiger partial charge on any atom is 0.308 e. The number of carboxylic acids is 1. The SMILES string of the molecule is Cc1cccc(C(=O)NCC(CC(C)C)C(=O)O)c1Cl. The molecule has 0 heterocycles. The van der Waals surface area contributed by atoms with Gasteiger partial charge in [0.1, 0.15) is 0 Å². The van der Waals surface area contributed by atoms with Gasteiger partial charge in [-0.1, -0.05) is 37.6 Å². The molecule has 2 N–H and O–H groups in total. The molecule has 0 saturated heterocycles. The molecule has 1 amide bonds. The van der Waals surface area contributed by atoms with Crippen LogP contribution in [-0.2, 0) is 4.79 Å². The van der Waals surface area contributed by atoms with Crippen molar-refractivity contribution in [3.8, 4) is 0 Å². The smallest absolute Gasteiger partial charge is 0.308 e. The van der Waals surface area contributed by atoms with Crippen LogP contribution in [0.1, 0.15) is 36.2 Å². The van der Waals surface area contributed by atoms with E-state index < -0.39 is 11.9 Å². The average Bonchev–Trinajstić information content (AvgIpc) is 2.36. The number of amides is 1. The van der Waals surface area contributed by atoms with Crippen LogP contribution in [0, 0.1) is 18.8 Å². The van der Waals surface area contributed by atoms with E-state index in [-0.39, 0.29) is 18.4 Å². The third-order valence-electron chi connectivity index (χ3n) is 3.05. The normalized spacial score (nSPS) is 12.2. The highest BCUT2D eigenvalue weighted by Crippen LogP contribution is 2.20. The second-order valence-corrected chi connectivity index (χ2v) is 5.69. The maximum atomic E-state index is 12.0. The first kappa shape index (κ1) is 16.5. The lowest BCUT2D eigenvalue weighted by Crippen LogP contribution is -2.33. The van der Waals surface area contributed by atoms with Gasteiger partial charge in [-0.3, -0.25) is 9.59 Å². The molecule has 0 saturated carbocycles. The Morgan fingerprint density at radius 3 is 2.55 bits per heavy atom. The lowest BCUT2D eigenvalue weighted by molar-refractivity contribution is -0.142. The van der Waals surface area contributed by atoms with E-state index in [0.717, 1.165) is 5.56 Å². The second kappa shape index (κ2) is 7.29. The monoisotopic (exact) mass is 297 g/mol. The van der Waals surface area contributed by atoms with Crippen molar-refractivity contribution in [2.45, 2.75) is 27.2 Å². The van der Waals surface area contributed by atoms with Crippen molar-refractivity contribution >= 4 is 23.5 Å². The molecule has 0 aliphatic heterocycles. The summed E-state index contributed by atoms with van der Waals surface area (Å²) in [5, 5.41) is 12.2. The molecule has 4 nitrogen and oxygen atoms in total. The number of hydrogen-bond acceptors (Lipinski definition) is 2. The van der Waals surface area contributed by atoms with E-state index in [0.29, 0.717) is 17.0 Å². The number of aliphatic carboxylic acids is 1. The van der Waals surface area contributed by atoms with Crippen LogP contribution in [0.3, 0.4) is 0 Å². The molecule has 20 heavy (non-hydrogen) atoms. The van der Waals surface area contributed by atoms with Crippen LogP contribution in [-0.4, -0.2) is 23.5 Å². The number of carbonyl (C=O) groups excluding carboxylic acids is 1. The van der Waals surface area contributed by atoms with Crippen molar-refractivity contribution in [2.75, 3.05) is 6.54 Å². The van der Waals surface area contributed by atoms with Gasteiger partial charge in [0.25, 0.3) is 5.91 Å². The minimum absolute atomic E-state index is 0.108. The van der Waals surface area contributed by atoms with Gasteiger partial charge in [0, 0.05) is 6.54 Å². The third kappa shape index (κ3) is 4.53. The number of carbonyl (C=O) groups is 2. The van der Waals surface area contributed by atoms with Crippen LogP contribution in [0.15, 0.2) is 18.2 Å². The Hall–Kier alpha value is -1.55. The van der Waals surface area contributed by atoms with E-state index in [1.165, 1.54) is 0 Å². The molecule has 0 fully saturated rings. The van der Waals surface area contributed by atoms with Crippen LogP contribution in [0.25, 0.3) is 0 Å². The van der Waals surface area contributed by atoms with Gasteiger partial charge in [-0.15, -0.1) is 0 Å². The van der Waals surface area contributed by atoms with Gasteiger partial charge in [-0.2, -0.15) is 0 Å². The van der Waals surface area contributed by atoms with Gasteiger partial charge >= 0.3 is 5.97 Å². The third-order valence-corrected chi connectivity index (χ3v) is 3.55. The molecule has 1 rings (SSSR count). The molecule has 0 spiro atoms. The zero-order valence-electron chi connectivity index (χ0n) is 11.9. The first-order valence-corrected chi connectivity index (χ1v) is 6.96. The molecule has 0 aliphatic carbocycles. The number of rotatable bonds is 6. The van der Waals surface area contributed by atoms with Crippen LogP contribution < -0.4 is 5.32 Å². The van der Waals surface area contributed by atoms with Crippen LogP contribution >= 0.6 is 11.6 Å². The van der Waals surface area contributed by atoms with E-state index in [1.807, 2.05) is 26.8 Å². The summed E-state index contributed by atoms with van der Waals surface area (Å²) in [5.41, 5.74) is 1.19. The molecule has 110 valence electrons. The lowest BCUT2D eigenvalue weighted by atomic mass is 9.97. The Morgan fingerprint density at radius 2 is 2.00 bits per heavy atom. The fourth-order valence-corrected chi connectivity index (χ4v) is 2.19. The topological polar surface area (TPSA) is 66.4 Å². The van der Waals surface area contributed by atoms with Gasteiger partial charge in [0.05, 0.1) is 16.5 Å². The highest BCUT2D eigenvalue weighted by molar-refractivity contribution is 6.34. The summed E-state index contributed by atoms with van der Waals surface area (Å²) in [7, 11) is 0. The molecule has 1 atom stereocenters. The Balaban J connectivity index is 2.70. The van der Waals surface area contributed by atoms with Crippen molar-refractivity contribution in [2.24, 2.45) is 11.8 Å². The molecule has 1 unspecified atom stereocenters. The predicted molar refractivity (Wildman–Crippen MR) is 79.1 cm³/mol. The summed E-state index contributed by atoms with van der Waals surface area (Å²) < 4.78 is 0. The van der Waals surface area contributed by atoms with Crippen molar-refractivity contribution in [1.29, 1.82) is 0 Å². The highest BCUT2D eigenvalue weighted by Gasteiger charge is 2.20. The fourth-order valence-electron chi connectivity index (χ4n) is 1.97. The summed E-state index contributed by atoms with van der Waals surface area (Å²) in [6.07, 6.45) is 0.525. The fraction of sp³-hybridized carbons (Fsp3) is 0.467. The van der Waals surface area contributed by atoms with E-state index in [1.54, 1.807) is 12.1 Å². The van der Waals surface area contributed by atoms with Gasteiger partial charge in [0.15, 0.2) is 0 Å². The van der Waals surface area contributed by atoms with Crippen LogP contribution in [0.5, 0.6) is 0 Å². The molecule has 1 aromatic rings. The molecule has 1 aromatic carbocycles. The quantitative estimate of drug-likeness (QED) is 0.848. The zero-order chi connectivity index (χ0) is 15.3. The standard InChI is InChI=1S/C15H20ClNO3/c1-9(2)7-11(15(19)20)8-17-14(18)12-6-4-5-10(3)13(12)16/h4-6,9,11H,7-8H2,1-3H3,(H,17,18)(H,19,20). The van der Waals surface area contributed by atoms with Crippen molar-refractivity contribution in [3.05, 3.63) is 34.3 Å². The number of benzene rings is 1. The number of aryl methyl sites for hydroxylation is 1. The zero-order valence-corrected chi connectivity index (χ0v) is 12.7. The maximum absolute atomic E-state index is 12.0. The first-order valence-electron chi connectivity index (χ1n) is 6.59. The summed E-state index contributed by atoms with van der Waals surface area (Å²) in [4.78, 5) is 23.2. The first-order chi connectivity index (χ1) is 9.32. The molecule has 5 heteroatoms. The number of halogens is 1. The summed E-state index contributed by atoms with van der Waals surface area (Å²) in [6.45, 7) is 5.83. The average molecular weight is 298 g/mol. The number of nitrogens with one attached hydrogen (secondary N) is 1. The molecule has 0 bridgehead atoms.